The molecule has 5 nitrogen and oxygen atoms in total. The first-order valence-electron chi connectivity index (χ1n) is 9.08. The molecule has 1 N–H and O–H groups in total. The number of nitrogens with one attached hydrogen (secondary N) is 1. The second-order valence-electron chi connectivity index (χ2n) is 6.65. The van der Waals surface area contributed by atoms with Crippen LogP contribution in [0.25, 0.3) is 0 Å². The van der Waals surface area contributed by atoms with Crippen LogP contribution in [-0.2, 0) is 11.3 Å². The Bertz CT molecular complexity index is 809. The third-order valence-electron chi connectivity index (χ3n) is 4.03. The molecule has 2 rings (SSSR count). The Hall–Kier alpha value is -3.00. The minimum absolute atomic E-state index is 0.134. The van der Waals surface area contributed by atoms with Gasteiger partial charge in [-0.05, 0) is 47.7 Å². The lowest BCUT2D eigenvalue weighted by Crippen LogP contribution is -2.21. The summed E-state index contributed by atoms with van der Waals surface area (Å²) in [6.45, 7) is 7.59. The monoisotopic (exact) mass is 366 g/mol. The summed E-state index contributed by atoms with van der Waals surface area (Å²) in [5.74, 6) is 1.74. The van der Waals surface area contributed by atoms with Gasteiger partial charge in [0.2, 0.25) is 5.91 Å². The number of nitriles is 1. The molecular weight excluding hydrogens is 340 g/mol. The van der Waals surface area contributed by atoms with E-state index >= 15 is 0 Å². The highest BCUT2D eigenvalue weighted by atomic mass is 16.5. The number of carbonyl (C=O) groups excluding carboxylic acids is 1. The molecule has 1 amide bonds. The molecule has 0 bridgehead atoms. The van der Waals surface area contributed by atoms with E-state index in [0.717, 1.165) is 17.1 Å². The van der Waals surface area contributed by atoms with E-state index in [9.17, 15) is 4.79 Å². The minimum atomic E-state index is -0.281. The number of ether oxygens (including phenoxy) is 2. The zero-order valence-corrected chi connectivity index (χ0v) is 16.1. The van der Waals surface area contributed by atoms with Crippen LogP contribution in [0.1, 0.15) is 42.9 Å². The van der Waals surface area contributed by atoms with Crippen molar-refractivity contribution < 1.29 is 14.3 Å². The quantitative estimate of drug-likeness (QED) is 0.678. The second kappa shape index (κ2) is 10.2. The van der Waals surface area contributed by atoms with Crippen molar-refractivity contribution in [1.29, 1.82) is 5.26 Å². The first-order chi connectivity index (χ1) is 13.0. The second-order valence-corrected chi connectivity index (χ2v) is 6.65. The predicted octanol–water partition coefficient (Wildman–Crippen LogP) is 4.11. The zero-order valence-electron chi connectivity index (χ0n) is 16.1. The predicted molar refractivity (Wildman–Crippen MR) is 105 cm³/mol. The van der Waals surface area contributed by atoms with E-state index in [4.69, 9.17) is 14.7 Å². The van der Waals surface area contributed by atoms with Gasteiger partial charge in [-0.15, -0.1) is 0 Å². The maximum atomic E-state index is 11.4. The molecule has 0 unspecified atom stereocenters. The van der Waals surface area contributed by atoms with Crippen molar-refractivity contribution in [3.05, 3.63) is 59.2 Å². The number of hydrogen-bond donors (Lipinski definition) is 1. The van der Waals surface area contributed by atoms with Crippen molar-refractivity contribution in [2.45, 2.75) is 39.7 Å². The summed E-state index contributed by atoms with van der Waals surface area (Å²) in [5, 5.41) is 11.2. The topological polar surface area (TPSA) is 71.3 Å². The molecule has 2 aromatic rings. The first-order valence-corrected chi connectivity index (χ1v) is 9.08. The molecule has 2 aromatic carbocycles. The molecule has 0 aromatic heterocycles. The van der Waals surface area contributed by atoms with E-state index in [1.54, 1.807) is 0 Å². The smallest absolute Gasteiger partial charge is 0.234 e. The van der Waals surface area contributed by atoms with Gasteiger partial charge in [-0.2, -0.15) is 5.26 Å². The molecule has 0 saturated heterocycles. The fraction of sp³-hybridized carbons (Fsp3) is 0.364. The summed E-state index contributed by atoms with van der Waals surface area (Å²) in [6, 6.07) is 15.6. The molecule has 0 fully saturated rings. The molecule has 0 heterocycles. The van der Waals surface area contributed by atoms with Gasteiger partial charge in [0.15, 0.2) is 0 Å². The lowest BCUT2D eigenvalue weighted by atomic mass is 10.0. The fourth-order valence-electron chi connectivity index (χ4n) is 2.63. The number of aryl methyl sites for hydroxylation is 1. The number of carbonyl (C=O) groups is 1. The summed E-state index contributed by atoms with van der Waals surface area (Å²) in [6.07, 6.45) is -0.134. The maximum absolute atomic E-state index is 11.4. The lowest BCUT2D eigenvalue weighted by molar-refractivity contribution is -0.120. The highest BCUT2D eigenvalue weighted by molar-refractivity contribution is 5.77. The molecule has 0 spiro atoms. The minimum Gasteiger partial charge on any atom is -0.490 e. The van der Waals surface area contributed by atoms with Crippen LogP contribution >= 0.6 is 0 Å². The molecular formula is C22H26N2O3. The zero-order chi connectivity index (χ0) is 19.6. The Morgan fingerprint density at radius 2 is 1.93 bits per heavy atom. The molecule has 0 aliphatic carbocycles. The van der Waals surface area contributed by atoms with Crippen LogP contribution < -0.4 is 14.8 Å². The van der Waals surface area contributed by atoms with E-state index in [-0.39, 0.29) is 12.3 Å². The SMILES string of the molecule is Cc1ccc(C(C)C)c(OCCOc2cccc(CNC(=O)CC#N)c2)c1. The Balaban J connectivity index is 1.84. The fourth-order valence-corrected chi connectivity index (χ4v) is 2.63. The van der Waals surface area contributed by atoms with Gasteiger partial charge in [-0.1, -0.05) is 38.1 Å². The summed E-state index contributed by atoms with van der Waals surface area (Å²) < 4.78 is 11.7. The van der Waals surface area contributed by atoms with Crippen molar-refractivity contribution in [3.63, 3.8) is 0 Å². The van der Waals surface area contributed by atoms with Crippen LogP contribution in [-0.4, -0.2) is 19.1 Å². The van der Waals surface area contributed by atoms with E-state index < -0.39 is 0 Å². The third kappa shape index (κ3) is 6.67. The van der Waals surface area contributed by atoms with E-state index in [1.165, 1.54) is 11.1 Å². The number of hydrogen-bond acceptors (Lipinski definition) is 4. The van der Waals surface area contributed by atoms with E-state index in [1.807, 2.05) is 37.3 Å². The number of amides is 1. The highest BCUT2D eigenvalue weighted by Gasteiger charge is 2.08. The van der Waals surface area contributed by atoms with Gasteiger partial charge in [-0.3, -0.25) is 4.79 Å². The number of rotatable bonds is 9. The van der Waals surface area contributed by atoms with E-state index in [2.05, 4.69) is 37.4 Å². The first kappa shape index (κ1) is 20.3. The summed E-state index contributed by atoms with van der Waals surface area (Å²) in [4.78, 5) is 11.4. The van der Waals surface area contributed by atoms with Gasteiger partial charge in [0.05, 0.1) is 6.07 Å². The Morgan fingerprint density at radius 3 is 2.67 bits per heavy atom. The van der Waals surface area contributed by atoms with Crippen molar-refractivity contribution in [2.24, 2.45) is 0 Å². The molecule has 0 saturated carbocycles. The highest BCUT2D eigenvalue weighted by Crippen LogP contribution is 2.27. The van der Waals surface area contributed by atoms with Crippen LogP contribution in [0.4, 0.5) is 0 Å². The largest absolute Gasteiger partial charge is 0.490 e. The van der Waals surface area contributed by atoms with Crippen LogP contribution in [0, 0.1) is 18.3 Å². The van der Waals surface area contributed by atoms with Gasteiger partial charge in [-0.25, -0.2) is 0 Å². The Morgan fingerprint density at radius 1 is 1.15 bits per heavy atom. The lowest BCUT2D eigenvalue weighted by Gasteiger charge is -2.15. The number of nitrogens with zero attached hydrogens (tertiary/aromatic N) is 1. The van der Waals surface area contributed by atoms with Crippen molar-refractivity contribution >= 4 is 5.91 Å². The standard InChI is InChI=1S/C22H26N2O3/c1-16(2)20-8-7-17(3)13-21(20)27-12-11-26-19-6-4-5-18(14-19)15-24-22(25)9-10-23/h4-8,13-14,16H,9,11-12,15H2,1-3H3,(H,24,25). The molecule has 0 aliphatic rings. The molecule has 142 valence electrons. The summed E-state index contributed by atoms with van der Waals surface area (Å²) in [5.41, 5.74) is 3.28. The van der Waals surface area contributed by atoms with Crippen LogP contribution in [0.2, 0.25) is 0 Å². The average molecular weight is 366 g/mol. The van der Waals surface area contributed by atoms with Crippen LogP contribution in [0.3, 0.4) is 0 Å². The Kier molecular flexibility index (Phi) is 7.69. The number of benzene rings is 2. The normalized spacial score (nSPS) is 10.3. The molecule has 0 atom stereocenters. The average Bonchev–Trinajstić information content (AvgIpc) is 2.64. The Labute approximate surface area is 160 Å². The van der Waals surface area contributed by atoms with Gasteiger partial charge in [0.1, 0.15) is 31.1 Å². The molecule has 0 radical (unpaired) electrons. The summed E-state index contributed by atoms with van der Waals surface area (Å²) >= 11 is 0. The molecule has 5 heteroatoms. The molecule has 0 aliphatic heterocycles. The van der Waals surface area contributed by atoms with Gasteiger partial charge < -0.3 is 14.8 Å². The van der Waals surface area contributed by atoms with Gasteiger partial charge in [0, 0.05) is 6.54 Å². The van der Waals surface area contributed by atoms with Gasteiger partial charge >= 0.3 is 0 Å². The van der Waals surface area contributed by atoms with Crippen LogP contribution in [0.15, 0.2) is 42.5 Å². The van der Waals surface area contributed by atoms with Gasteiger partial charge in [0.25, 0.3) is 0 Å². The van der Waals surface area contributed by atoms with Crippen LogP contribution in [0.5, 0.6) is 11.5 Å². The summed E-state index contributed by atoms with van der Waals surface area (Å²) in [7, 11) is 0. The van der Waals surface area contributed by atoms with E-state index in [0.29, 0.717) is 25.7 Å². The van der Waals surface area contributed by atoms with Crippen molar-refractivity contribution in [1.82, 2.24) is 5.32 Å². The maximum Gasteiger partial charge on any atom is 0.234 e. The molecule has 27 heavy (non-hydrogen) atoms. The third-order valence-corrected chi connectivity index (χ3v) is 4.03. The van der Waals surface area contributed by atoms with Crippen molar-refractivity contribution in [2.75, 3.05) is 13.2 Å². The van der Waals surface area contributed by atoms with Crippen molar-refractivity contribution in [3.8, 4) is 17.6 Å².